The third-order valence-electron chi connectivity index (χ3n) is 8.78. The zero-order valence-electron chi connectivity index (χ0n) is 20.8. The summed E-state index contributed by atoms with van der Waals surface area (Å²) in [7, 11) is 1.66. The van der Waals surface area contributed by atoms with E-state index in [0.29, 0.717) is 45.6 Å². The van der Waals surface area contributed by atoms with E-state index < -0.39 is 30.3 Å². The number of carbonyl (C=O) groups is 1. The first-order valence-electron chi connectivity index (χ1n) is 13.0. The molecule has 7 nitrogen and oxygen atoms in total. The molecule has 1 aromatic rings. The lowest BCUT2D eigenvalue weighted by Crippen LogP contribution is -2.53. The van der Waals surface area contributed by atoms with E-state index >= 15 is 0 Å². The Bertz CT molecular complexity index is 982. The second kappa shape index (κ2) is 10.2. The number of rotatable bonds is 7. The number of carbonyl (C=O) groups excluding carboxylic acids is 1. The van der Waals surface area contributed by atoms with Crippen molar-refractivity contribution in [2.75, 3.05) is 38.3 Å². The molecule has 1 saturated carbocycles. The maximum atomic E-state index is 13.8. The van der Waals surface area contributed by atoms with Crippen molar-refractivity contribution in [3.05, 3.63) is 18.1 Å². The van der Waals surface area contributed by atoms with Crippen molar-refractivity contribution in [1.29, 1.82) is 0 Å². The van der Waals surface area contributed by atoms with Gasteiger partial charge in [-0.25, -0.2) is 18.7 Å². The van der Waals surface area contributed by atoms with E-state index in [1.54, 1.807) is 16.9 Å². The molecule has 0 radical (unpaired) electrons. The molecule has 6 atom stereocenters. The molecule has 4 fully saturated rings. The minimum Gasteiger partial charge on any atom is -0.379 e. The van der Waals surface area contributed by atoms with Gasteiger partial charge < -0.3 is 19.3 Å². The van der Waals surface area contributed by atoms with E-state index in [1.165, 1.54) is 6.07 Å². The van der Waals surface area contributed by atoms with Gasteiger partial charge in [-0.05, 0) is 56.4 Å². The van der Waals surface area contributed by atoms with Gasteiger partial charge in [-0.3, -0.25) is 4.79 Å². The van der Waals surface area contributed by atoms with Crippen LogP contribution in [0, 0.1) is 17.3 Å². The largest absolute Gasteiger partial charge is 0.451 e. The highest BCUT2D eigenvalue weighted by molar-refractivity contribution is 5.84. The summed E-state index contributed by atoms with van der Waals surface area (Å²) in [6.07, 6.45) is -2.76. The fraction of sp³-hybridized carbons (Fsp3) is 0.800. The minimum atomic E-state index is -4.65. The molecular formula is C25H33F5N4O3. The fourth-order valence-corrected chi connectivity index (χ4v) is 7.06. The van der Waals surface area contributed by atoms with Crippen LogP contribution in [0.2, 0.25) is 0 Å². The Hall–Kier alpha value is -2.08. The number of ether oxygens (including phenoxy) is 2. The van der Waals surface area contributed by atoms with Crippen molar-refractivity contribution in [3.8, 4) is 0 Å². The van der Waals surface area contributed by atoms with Gasteiger partial charge in [-0.15, -0.1) is 0 Å². The first kappa shape index (κ1) is 26.5. The van der Waals surface area contributed by atoms with E-state index in [0.717, 1.165) is 25.5 Å². The summed E-state index contributed by atoms with van der Waals surface area (Å²) in [6, 6.07) is 1.00. The van der Waals surface area contributed by atoms with E-state index in [-0.39, 0.29) is 41.7 Å². The first-order chi connectivity index (χ1) is 17.6. The summed E-state index contributed by atoms with van der Waals surface area (Å²) >= 11 is 0. The third kappa shape index (κ3) is 5.28. The number of anilines is 1. The Balaban J connectivity index is 1.27. The van der Waals surface area contributed by atoms with Gasteiger partial charge in [0.05, 0.1) is 30.2 Å². The maximum Gasteiger partial charge on any atom is 0.451 e. The van der Waals surface area contributed by atoms with Gasteiger partial charge in [-0.2, -0.15) is 13.2 Å². The lowest BCUT2D eigenvalue weighted by molar-refractivity contribution is -0.146. The van der Waals surface area contributed by atoms with Crippen LogP contribution in [0.15, 0.2) is 12.3 Å². The van der Waals surface area contributed by atoms with Gasteiger partial charge in [0.15, 0.2) is 0 Å². The number of piperazine rings is 1. The van der Waals surface area contributed by atoms with Gasteiger partial charge in [-0.1, -0.05) is 0 Å². The lowest BCUT2D eigenvalue weighted by atomic mass is 9.78. The average Bonchev–Trinajstić information content (AvgIpc) is 3.58. The number of aromatic nitrogens is 2. The summed E-state index contributed by atoms with van der Waals surface area (Å²) in [4.78, 5) is 24.3. The Morgan fingerprint density at radius 3 is 2.76 bits per heavy atom. The van der Waals surface area contributed by atoms with Crippen molar-refractivity contribution in [2.45, 2.75) is 75.7 Å². The van der Waals surface area contributed by atoms with Crippen LogP contribution in [0.4, 0.5) is 27.8 Å². The molecule has 37 heavy (non-hydrogen) atoms. The molecule has 5 rings (SSSR count). The molecule has 12 heteroatoms. The van der Waals surface area contributed by atoms with Crippen LogP contribution < -0.4 is 4.90 Å². The predicted octanol–water partition coefficient (Wildman–Crippen LogP) is 4.17. The molecule has 4 heterocycles. The number of amides is 1. The van der Waals surface area contributed by atoms with Crippen molar-refractivity contribution < 1.29 is 36.2 Å². The molecule has 206 valence electrons. The van der Waals surface area contributed by atoms with Crippen LogP contribution in [-0.2, 0) is 20.4 Å². The molecule has 3 aliphatic heterocycles. The molecular weight excluding hydrogens is 499 g/mol. The molecule has 0 aromatic carbocycles. The summed E-state index contributed by atoms with van der Waals surface area (Å²) < 4.78 is 77.8. The third-order valence-corrected chi connectivity index (χ3v) is 8.78. The normalized spacial score (nSPS) is 34.1. The van der Waals surface area contributed by atoms with Crippen molar-refractivity contribution in [1.82, 2.24) is 14.9 Å². The Labute approximate surface area is 212 Å². The molecule has 4 aliphatic rings. The fourth-order valence-electron chi connectivity index (χ4n) is 7.06. The quantitative estimate of drug-likeness (QED) is 0.492. The van der Waals surface area contributed by atoms with Gasteiger partial charge >= 0.3 is 6.18 Å². The lowest BCUT2D eigenvalue weighted by Gasteiger charge is -2.40. The second-order valence-corrected chi connectivity index (χ2v) is 11.0. The molecule has 0 spiro atoms. The number of methoxy groups -OCH3 is 1. The predicted molar refractivity (Wildman–Crippen MR) is 123 cm³/mol. The van der Waals surface area contributed by atoms with Crippen molar-refractivity contribution >= 4 is 11.7 Å². The highest BCUT2D eigenvalue weighted by atomic mass is 19.4. The van der Waals surface area contributed by atoms with Crippen LogP contribution >= 0.6 is 0 Å². The van der Waals surface area contributed by atoms with Crippen molar-refractivity contribution in [3.63, 3.8) is 0 Å². The number of hydrogen-bond donors (Lipinski definition) is 0. The number of likely N-dealkylation sites (tertiary alicyclic amines) is 1. The highest BCUT2D eigenvalue weighted by Gasteiger charge is 2.54. The summed E-state index contributed by atoms with van der Waals surface area (Å²) in [6.45, 7) is 1.81. The average molecular weight is 533 g/mol. The standard InChI is InChI=1S/C25H33F5N4O3/c1-36-19-14-37-7-4-16(19)8-15-2-5-24(10-15,11-20(26)27)23(35)34-13-17-9-18(34)12-33(17)21-3-6-31-22(32-21)25(28,29)30/h3,6,15-20H,2,4-5,7-14H2,1H3/t15-,16+,17+,18+,19+,24-/m0/s1. The van der Waals surface area contributed by atoms with E-state index in [2.05, 4.69) is 9.97 Å². The van der Waals surface area contributed by atoms with Crippen LogP contribution in [0.3, 0.4) is 0 Å². The Kier molecular flexibility index (Phi) is 7.34. The zero-order chi connectivity index (χ0) is 26.4. The van der Waals surface area contributed by atoms with Crippen LogP contribution in [0.1, 0.15) is 50.8 Å². The summed E-state index contributed by atoms with van der Waals surface area (Å²) in [5, 5.41) is 0. The molecule has 3 saturated heterocycles. The first-order valence-corrected chi connectivity index (χ1v) is 13.0. The van der Waals surface area contributed by atoms with Gasteiger partial charge in [0.1, 0.15) is 5.82 Å². The topological polar surface area (TPSA) is 67.8 Å². The molecule has 1 amide bonds. The number of nitrogens with zero attached hydrogens (tertiary/aromatic N) is 4. The smallest absolute Gasteiger partial charge is 0.379 e. The number of hydrogen-bond acceptors (Lipinski definition) is 6. The van der Waals surface area contributed by atoms with Crippen LogP contribution in [0.5, 0.6) is 0 Å². The van der Waals surface area contributed by atoms with Gasteiger partial charge in [0.25, 0.3) is 0 Å². The van der Waals surface area contributed by atoms with E-state index in [1.807, 2.05) is 0 Å². The molecule has 0 N–H and O–H groups in total. The molecule has 1 aliphatic carbocycles. The van der Waals surface area contributed by atoms with Crippen LogP contribution in [-0.4, -0.2) is 78.8 Å². The number of alkyl halides is 5. The number of halogens is 5. The number of fused-ring (bicyclic) bond motifs is 2. The highest BCUT2D eigenvalue weighted by Crippen LogP contribution is 2.51. The zero-order valence-corrected chi connectivity index (χ0v) is 20.8. The van der Waals surface area contributed by atoms with Crippen LogP contribution in [0.25, 0.3) is 0 Å². The Morgan fingerprint density at radius 1 is 1.27 bits per heavy atom. The van der Waals surface area contributed by atoms with Gasteiger partial charge in [0, 0.05) is 39.4 Å². The Morgan fingerprint density at radius 2 is 2.08 bits per heavy atom. The molecule has 1 aromatic heterocycles. The minimum absolute atomic E-state index is 0.0190. The van der Waals surface area contributed by atoms with E-state index in [9.17, 15) is 26.7 Å². The summed E-state index contributed by atoms with van der Waals surface area (Å²) in [5.74, 6) is -0.798. The SMILES string of the molecule is CO[C@@H]1COCC[C@@H]1C[C@@H]1CC[C@](CC(F)F)(C(=O)N2C[C@H]3C[C@@H]2CN3c2ccnc(C(F)(F)F)n2)C1. The maximum absolute atomic E-state index is 13.8. The second-order valence-electron chi connectivity index (χ2n) is 11.0. The van der Waals surface area contributed by atoms with Gasteiger partial charge in [0.2, 0.25) is 18.2 Å². The van der Waals surface area contributed by atoms with E-state index in [4.69, 9.17) is 9.47 Å². The van der Waals surface area contributed by atoms with Crippen molar-refractivity contribution in [2.24, 2.45) is 17.3 Å². The summed E-state index contributed by atoms with van der Waals surface area (Å²) in [5.41, 5.74) is -1.10. The monoisotopic (exact) mass is 532 g/mol. The molecule has 0 unspecified atom stereocenters. The molecule has 2 bridgehead atoms.